The highest BCUT2D eigenvalue weighted by molar-refractivity contribution is 7.22. The third kappa shape index (κ3) is 2.41. The number of methoxy groups -OCH3 is 1. The Kier molecular flexibility index (Phi) is 3.45. The quantitative estimate of drug-likeness (QED) is 0.869. The maximum Gasteiger partial charge on any atom is 0.338 e. The normalized spacial score (nSPS) is 18.4. The number of carbonyl (C=O) groups is 1. The average Bonchev–Trinajstić information content (AvgIpc) is 3.06. The molecule has 2 N–H and O–H groups in total. The van der Waals surface area contributed by atoms with Crippen molar-refractivity contribution < 1.29 is 19.0 Å². The molecule has 0 radical (unpaired) electrons. The second-order valence-corrected chi connectivity index (χ2v) is 5.53. The molecule has 6 nitrogen and oxygen atoms in total. The zero-order valence-corrected chi connectivity index (χ0v) is 11.7. The lowest BCUT2D eigenvalue weighted by atomic mass is 10.2. The number of benzene rings is 1. The van der Waals surface area contributed by atoms with Gasteiger partial charge in [0.15, 0.2) is 5.13 Å². The number of esters is 1. The molecular weight excluding hydrogens is 280 g/mol. The fourth-order valence-corrected chi connectivity index (χ4v) is 2.92. The van der Waals surface area contributed by atoms with Gasteiger partial charge in [-0.15, -0.1) is 0 Å². The van der Waals surface area contributed by atoms with Gasteiger partial charge in [0.1, 0.15) is 17.4 Å². The summed E-state index contributed by atoms with van der Waals surface area (Å²) in [5, 5.41) is 0.439. The number of carbonyl (C=O) groups excluding carboxylic acids is 1. The van der Waals surface area contributed by atoms with Crippen LogP contribution in [0.25, 0.3) is 10.2 Å². The second kappa shape index (κ2) is 5.26. The highest BCUT2D eigenvalue weighted by Crippen LogP contribution is 2.34. The summed E-state index contributed by atoms with van der Waals surface area (Å²) in [6.07, 6.45) is 0.804. The highest BCUT2D eigenvalue weighted by Gasteiger charge is 2.21. The number of fused-ring (bicyclic) bond motifs is 1. The fraction of sp³-hybridized carbons (Fsp3) is 0.385. The molecule has 7 heteroatoms. The Labute approximate surface area is 119 Å². The van der Waals surface area contributed by atoms with Gasteiger partial charge in [0.25, 0.3) is 0 Å². The first-order valence-corrected chi connectivity index (χ1v) is 7.02. The Balaban J connectivity index is 2.04. The Bertz CT molecular complexity index is 649. The van der Waals surface area contributed by atoms with Crippen molar-refractivity contribution in [2.75, 3.05) is 26.1 Å². The minimum absolute atomic E-state index is 0.0194. The van der Waals surface area contributed by atoms with Gasteiger partial charge >= 0.3 is 5.97 Å². The SMILES string of the molecule is COC(=O)c1cc(O[C@@H]2CCOC2)c2nc(N)sc2c1. The van der Waals surface area contributed by atoms with Gasteiger partial charge in [-0.25, -0.2) is 9.78 Å². The van der Waals surface area contributed by atoms with Gasteiger partial charge in [-0.05, 0) is 12.1 Å². The molecule has 0 amide bonds. The lowest BCUT2D eigenvalue weighted by molar-refractivity contribution is 0.0600. The molecule has 2 aromatic rings. The summed E-state index contributed by atoms with van der Waals surface area (Å²) < 4.78 is 16.7. The van der Waals surface area contributed by atoms with Crippen molar-refractivity contribution in [3.8, 4) is 5.75 Å². The van der Waals surface area contributed by atoms with Crippen LogP contribution in [-0.4, -0.2) is 37.4 Å². The second-order valence-electron chi connectivity index (χ2n) is 4.47. The minimum atomic E-state index is -0.411. The van der Waals surface area contributed by atoms with E-state index >= 15 is 0 Å². The van der Waals surface area contributed by atoms with Crippen LogP contribution in [0.15, 0.2) is 12.1 Å². The fourth-order valence-electron chi connectivity index (χ4n) is 2.13. The summed E-state index contributed by atoms with van der Waals surface area (Å²) in [6, 6.07) is 3.36. The molecule has 2 heterocycles. The van der Waals surface area contributed by atoms with E-state index in [1.54, 1.807) is 12.1 Å². The average molecular weight is 294 g/mol. The smallest absolute Gasteiger partial charge is 0.338 e. The first-order chi connectivity index (χ1) is 9.67. The molecule has 0 spiro atoms. The molecule has 1 aromatic heterocycles. The van der Waals surface area contributed by atoms with Crippen molar-refractivity contribution in [1.29, 1.82) is 0 Å². The lowest BCUT2D eigenvalue weighted by Crippen LogP contribution is -2.16. The van der Waals surface area contributed by atoms with Crippen molar-refractivity contribution in [2.45, 2.75) is 12.5 Å². The number of ether oxygens (including phenoxy) is 3. The molecular formula is C13H14N2O4S. The van der Waals surface area contributed by atoms with E-state index < -0.39 is 5.97 Å². The van der Waals surface area contributed by atoms with Crippen molar-refractivity contribution in [1.82, 2.24) is 4.98 Å². The molecule has 0 aliphatic carbocycles. The molecule has 1 fully saturated rings. The lowest BCUT2D eigenvalue weighted by Gasteiger charge is -2.13. The molecule has 106 valence electrons. The van der Waals surface area contributed by atoms with E-state index in [1.807, 2.05) is 0 Å². The van der Waals surface area contributed by atoms with E-state index in [2.05, 4.69) is 4.98 Å². The van der Waals surface area contributed by atoms with Gasteiger partial charge in [0, 0.05) is 6.42 Å². The monoisotopic (exact) mass is 294 g/mol. The summed E-state index contributed by atoms with van der Waals surface area (Å²) in [5.74, 6) is 0.137. The van der Waals surface area contributed by atoms with E-state index in [4.69, 9.17) is 19.9 Å². The van der Waals surface area contributed by atoms with Crippen LogP contribution in [0, 0.1) is 0 Å². The van der Waals surface area contributed by atoms with Crippen LogP contribution < -0.4 is 10.5 Å². The van der Waals surface area contributed by atoms with Crippen LogP contribution in [0.1, 0.15) is 16.8 Å². The first kappa shape index (κ1) is 13.1. The Hall–Kier alpha value is -1.86. The molecule has 1 aliphatic rings. The number of hydrogen-bond acceptors (Lipinski definition) is 7. The Morgan fingerprint density at radius 1 is 1.55 bits per heavy atom. The maximum absolute atomic E-state index is 11.7. The number of anilines is 1. The maximum atomic E-state index is 11.7. The number of thiazole rings is 1. The van der Waals surface area contributed by atoms with Crippen LogP contribution in [0.2, 0.25) is 0 Å². The van der Waals surface area contributed by atoms with Crippen molar-refractivity contribution >= 4 is 32.7 Å². The van der Waals surface area contributed by atoms with Gasteiger partial charge < -0.3 is 19.9 Å². The number of nitrogens with zero attached hydrogens (tertiary/aromatic N) is 1. The van der Waals surface area contributed by atoms with E-state index in [9.17, 15) is 4.79 Å². The van der Waals surface area contributed by atoms with E-state index in [-0.39, 0.29) is 6.10 Å². The van der Waals surface area contributed by atoms with E-state index in [0.29, 0.717) is 35.2 Å². The third-order valence-electron chi connectivity index (χ3n) is 3.08. The summed E-state index contributed by atoms with van der Waals surface area (Å²) in [7, 11) is 1.35. The first-order valence-electron chi connectivity index (χ1n) is 6.20. The number of hydrogen-bond donors (Lipinski definition) is 1. The molecule has 0 unspecified atom stereocenters. The highest BCUT2D eigenvalue weighted by atomic mass is 32.1. The van der Waals surface area contributed by atoms with Gasteiger partial charge in [0.2, 0.25) is 0 Å². The molecule has 1 aliphatic heterocycles. The zero-order chi connectivity index (χ0) is 14.1. The number of nitrogen functional groups attached to an aromatic ring is 1. The number of rotatable bonds is 3. The standard InChI is InChI=1S/C13H14N2O4S/c1-17-12(16)7-4-9(19-8-2-3-18-6-8)11-10(5-7)20-13(14)15-11/h4-5,8H,2-3,6H2,1H3,(H2,14,15)/t8-/m1/s1. The van der Waals surface area contributed by atoms with Crippen LogP contribution in [-0.2, 0) is 9.47 Å². The summed E-state index contributed by atoms with van der Waals surface area (Å²) >= 11 is 1.31. The molecule has 0 saturated carbocycles. The largest absolute Gasteiger partial charge is 0.486 e. The number of aromatic nitrogens is 1. The molecule has 3 rings (SSSR count). The predicted octanol–water partition coefficient (Wildman–Crippen LogP) is 1.83. The third-order valence-corrected chi connectivity index (χ3v) is 3.91. The van der Waals surface area contributed by atoms with Gasteiger partial charge in [-0.3, -0.25) is 0 Å². The minimum Gasteiger partial charge on any atom is -0.486 e. The van der Waals surface area contributed by atoms with Crippen molar-refractivity contribution in [2.24, 2.45) is 0 Å². The van der Waals surface area contributed by atoms with Crippen LogP contribution >= 0.6 is 11.3 Å². The topological polar surface area (TPSA) is 83.7 Å². The van der Waals surface area contributed by atoms with E-state index in [0.717, 1.165) is 11.1 Å². The van der Waals surface area contributed by atoms with Gasteiger partial charge in [-0.1, -0.05) is 11.3 Å². The van der Waals surface area contributed by atoms with Gasteiger partial charge in [-0.2, -0.15) is 0 Å². The van der Waals surface area contributed by atoms with Crippen LogP contribution in [0.3, 0.4) is 0 Å². The zero-order valence-electron chi connectivity index (χ0n) is 10.9. The summed E-state index contributed by atoms with van der Waals surface area (Å²) in [4.78, 5) is 16.0. The number of nitrogens with two attached hydrogens (primary N) is 1. The van der Waals surface area contributed by atoms with Crippen LogP contribution in [0.4, 0.5) is 5.13 Å². The van der Waals surface area contributed by atoms with Gasteiger partial charge in [0.05, 0.1) is 30.6 Å². The Morgan fingerprint density at radius 2 is 2.40 bits per heavy atom. The molecule has 20 heavy (non-hydrogen) atoms. The summed E-state index contributed by atoms with van der Waals surface area (Å²) in [6.45, 7) is 1.23. The van der Waals surface area contributed by atoms with Crippen molar-refractivity contribution in [3.05, 3.63) is 17.7 Å². The Morgan fingerprint density at radius 3 is 3.10 bits per heavy atom. The van der Waals surface area contributed by atoms with Crippen molar-refractivity contribution in [3.63, 3.8) is 0 Å². The molecule has 0 bridgehead atoms. The molecule has 1 atom stereocenters. The van der Waals surface area contributed by atoms with Crippen LogP contribution in [0.5, 0.6) is 5.75 Å². The summed E-state index contributed by atoms with van der Waals surface area (Å²) in [5.41, 5.74) is 6.84. The predicted molar refractivity (Wildman–Crippen MR) is 75.2 cm³/mol. The molecule has 1 aromatic carbocycles. The van der Waals surface area contributed by atoms with E-state index in [1.165, 1.54) is 18.4 Å². The molecule has 1 saturated heterocycles.